The van der Waals surface area contributed by atoms with E-state index in [0.29, 0.717) is 18.5 Å². The maximum Gasteiger partial charge on any atom is 0.249 e. The van der Waals surface area contributed by atoms with E-state index in [1.54, 1.807) is 0 Å². The van der Waals surface area contributed by atoms with Gasteiger partial charge in [0.2, 0.25) is 11.8 Å². The van der Waals surface area contributed by atoms with Crippen LogP contribution in [0.4, 0.5) is 5.69 Å². The van der Waals surface area contributed by atoms with Crippen molar-refractivity contribution in [2.24, 2.45) is 5.41 Å². The van der Waals surface area contributed by atoms with Gasteiger partial charge < -0.3 is 0 Å². The van der Waals surface area contributed by atoms with Crippen LogP contribution in [0.25, 0.3) is 0 Å². The van der Waals surface area contributed by atoms with Gasteiger partial charge in [-0.15, -0.1) is 0 Å². The molecular weight excluding hydrogens is 214 g/mol. The second-order valence-corrected chi connectivity index (χ2v) is 4.57. The highest BCUT2D eigenvalue weighted by Gasteiger charge is 2.58. The van der Waals surface area contributed by atoms with E-state index >= 15 is 0 Å². The third-order valence-corrected chi connectivity index (χ3v) is 3.72. The summed E-state index contributed by atoms with van der Waals surface area (Å²) < 4.78 is 0. The van der Waals surface area contributed by atoms with Gasteiger partial charge >= 0.3 is 0 Å². The van der Waals surface area contributed by atoms with Crippen molar-refractivity contribution in [3.8, 4) is 0 Å². The second kappa shape index (κ2) is 3.99. The van der Waals surface area contributed by atoms with Crippen molar-refractivity contribution in [3.63, 3.8) is 0 Å². The Balaban J connectivity index is 2.30. The lowest BCUT2D eigenvalue weighted by atomic mass is 9.73. The number of hydrogen-bond donors (Lipinski definition) is 0. The van der Waals surface area contributed by atoms with Crippen LogP contribution in [0.3, 0.4) is 0 Å². The number of amides is 2. The van der Waals surface area contributed by atoms with E-state index < -0.39 is 5.41 Å². The molecule has 3 nitrogen and oxygen atoms in total. The van der Waals surface area contributed by atoms with Crippen LogP contribution in [0.2, 0.25) is 0 Å². The molecule has 17 heavy (non-hydrogen) atoms. The molecule has 2 amide bonds. The van der Waals surface area contributed by atoms with E-state index in [-0.39, 0.29) is 11.8 Å². The van der Waals surface area contributed by atoms with Crippen molar-refractivity contribution >= 4 is 17.5 Å². The number of β-lactam (4-membered cyclic amide) rings is 2. The molecule has 90 valence electrons. The molecule has 1 heterocycles. The van der Waals surface area contributed by atoms with Crippen LogP contribution in [0, 0.1) is 12.3 Å². The Morgan fingerprint density at radius 1 is 1.00 bits per heavy atom. The van der Waals surface area contributed by atoms with Crippen molar-refractivity contribution < 1.29 is 9.59 Å². The molecule has 0 radical (unpaired) electrons. The fraction of sp³-hybridized carbons (Fsp3) is 0.429. The average Bonchev–Trinajstić information content (AvgIpc) is 2.34. The first kappa shape index (κ1) is 11.8. The van der Waals surface area contributed by atoms with Crippen molar-refractivity contribution in [2.75, 3.05) is 4.90 Å². The lowest BCUT2D eigenvalue weighted by molar-refractivity contribution is -0.153. The summed E-state index contributed by atoms with van der Waals surface area (Å²) in [6.07, 6.45) is 1.17. The largest absolute Gasteiger partial charge is 0.273 e. The van der Waals surface area contributed by atoms with Gasteiger partial charge in [0.1, 0.15) is 5.41 Å². The van der Waals surface area contributed by atoms with Crippen LogP contribution in [-0.4, -0.2) is 11.8 Å². The summed E-state index contributed by atoms with van der Waals surface area (Å²) in [5.41, 5.74) is 1.04. The lowest BCUT2D eigenvalue weighted by Gasteiger charge is -2.45. The molecule has 0 spiro atoms. The van der Waals surface area contributed by atoms with Gasteiger partial charge in [0.15, 0.2) is 0 Å². The summed E-state index contributed by atoms with van der Waals surface area (Å²) in [4.78, 5) is 25.6. The number of hydrogen-bond acceptors (Lipinski definition) is 2. The molecule has 1 fully saturated rings. The maximum absolute atomic E-state index is 12.1. The highest BCUT2D eigenvalue weighted by molar-refractivity contribution is 6.36. The van der Waals surface area contributed by atoms with E-state index in [9.17, 15) is 9.59 Å². The molecule has 1 aliphatic rings. The normalized spacial score (nSPS) is 18.2. The molecule has 1 aromatic rings. The van der Waals surface area contributed by atoms with Crippen LogP contribution in [0.5, 0.6) is 0 Å². The summed E-state index contributed by atoms with van der Waals surface area (Å²) in [5.74, 6) is -0.118. The van der Waals surface area contributed by atoms with Crippen molar-refractivity contribution in [1.29, 1.82) is 0 Å². The first-order valence-electron chi connectivity index (χ1n) is 6.02. The molecule has 1 aromatic carbocycles. The lowest BCUT2D eigenvalue weighted by Crippen LogP contribution is -2.66. The predicted octanol–water partition coefficient (Wildman–Crippen LogP) is 2.67. The van der Waals surface area contributed by atoms with Crippen LogP contribution < -0.4 is 4.90 Å². The topological polar surface area (TPSA) is 37.4 Å². The van der Waals surface area contributed by atoms with E-state index in [4.69, 9.17) is 0 Å². The Labute approximate surface area is 101 Å². The van der Waals surface area contributed by atoms with Gasteiger partial charge in [-0.2, -0.15) is 0 Å². The highest BCUT2D eigenvalue weighted by Crippen LogP contribution is 2.42. The molecule has 0 bridgehead atoms. The fourth-order valence-corrected chi connectivity index (χ4v) is 2.34. The Morgan fingerprint density at radius 2 is 1.47 bits per heavy atom. The zero-order valence-corrected chi connectivity index (χ0v) is 10.5. The fourth-order valence-electron chi connectivity index (χ4n) is 2.34. The predicted molar refractivity (Wildman–Crippen MR) is 66.7 cm³/mol. The number of aryl methyl sites for hydroxylation is 1. The Morgan fingerprint density at radius 3 is 1.88 bits per heavy atom. The zero-order chi connectivity index (χ0) is 12.6. The number of anilines is 1. The standard InChI is InChI=1S/C14H17NO2/c1-4-14(5-2)12(16)15(13(14)17)11-8-6-10(3)7-9-11/h6-9H,4-5H2,1-3H3. The number of rotatable bonds is 3. The van der Waals surface area contributed by atoms with Crippen LogP contribution in [0.1, 0.15) is 32.3 Å². The Kier molecular flexibility index (Phi) is 2.77. The van der Waals surface area contributed by atoms with E-state index in [0.717, 1.165) is 5.56 Å². The maximum atomic E-state index is 12.1. The molecule has 1 aliphatic heterocycles. The van der Waals surface area contributed by atoms with Gasteiger partial charge in [0.05, 0.1) is 5.69 Å². The summed E-state index contributed by atoms with van der Waals surface area (Å²) in [5, 5.41) is 0. The van der Waals surface area contributed by atoms with Gasteiger partial charge in [0, 0.05) is 0 Å². The monoisotopic (exact) mass is 231 g/mol. The molecule has 0 aliphatic carbocycles. The average molecular weight is 231 g/mol. The van der Waals surface area contributed by atoms with Crippen LogP contribution in [0.15, 0.2) is 24.3 Å². The van der Waals surface area contributed by atoms with Gasteiger partial charge in [-0.3, -0.25) is 9.59 Å². The van der Waals surface area contributed by atoms with Gasteiger partial charge in [-0.25, -0.2) is 4.90 Å². The second-order valence-electron chi connectivity index (χ2n) is 4.57. The molecule has 3 heteroatoms. The summed E-state index contributed by atoms with van der Waals surface area (Å²) in [7, 11) is 0. The Hall–Kier alpha value is -1.64. The molecule has 1 saturated heterocycles. The first-order chi connectivity index (χ1) is 8.06. The number of imide groups is 1. The summed E-state index contributed by atoms with van der Waals surface area (Å²) in [6, 6.07) is 7.46. The minimum absolute atomic E-state index is 0.0589. The Bertz CT molecular complexity index is 440. The summed E-state index contributed by atoms with van der Waals surface area (Å²) >= 11 is 0. The van der Waals surface area contributed by atoms with Gasteiger partial charge in [-0.05, 0) is 31.9 Å². The third-order valence-electron chi connectivity index (χ3n) is 3.72. The van der Waals surface area contributed by atoms with E-state index in [2.05, 4.69) is 0 Å². The van der Waals surface area contributed by atoms with Gasteiger partial charge in [0.25, 0.3) is 0 Å². The quantitative estimate of drug-likeness (QED) is 0.592. The van der Waals surface area contributed by atoms with Crippen molar-refractivity contribution in [1.82, 2.24) is 0 Å². The third kappa shape index (κ3) is 1.49. The highest BCUT2D eigenvalue weighted by atomic mass is 16.2. The van der Waals surface area contributed by atoms with E-state index in [1.807, 2.05) is 45.0 Å². The number of benzene rings is 1. The molecule has 2 rings (SSSR count). The number of carbonyl (C=O) groups excluding carboxylic acids is 2. The molecule has 0 aromatic heterocycles. The molecule has 0 atom stereocenters. The van der Waals surface area contributed by atoms with Crippen LogP contribution in [-0.2, 0) is 9.59 Å². The van der Waals surface area contributed by atoms with Crippen LogP contribution >= 0.6 is 0 Å². The van der Waals surface area contributed by atoms with Crippen molar-refractivity contribution in [2.45, 2.75) is 33.6 Å². The number of carbonyl (C=O) groups is 2. The minimum atomic E-state index is -0.759. The van der Waals surface area contributed by atoms with Gasteiger partial charge in [-0.1, -0.05) is 31.5 Å². The van der Waals surface area contributed by atoms with Crippen molar-refractivity contribution in [3.05, 3.63) is 29.8 Å². The summed E-state index contributed by atoms with van der Waals surface area (Å²) in [6.45, 7) is 5.77. The van der Waals surface area contributed by atoms with E-state index in [1.165, 1.54) is 4.90 Å². The molecule has 0 saturated carbocycles. The number of nitrogens with zero attached hydrogens (tertiary/aromatic N) is 1. The molecular formula is C14H17NO2. The smallest absolute Gasteiger partial charge is 0.249 e. The zero-order valence-electron chi connectivity index (χ0n) is 10.5. The first-order valence-corrected chi connectivity index (χ1v) is 6.02. The SMILES string of the molecule is CCC1(CC)C(=O)N(c2ccc(C)cc2)C1=O. The molecule has 0 N–H and O–H groups in total. The minimum Gasteiger partial charge on any atom is -0.273 e. The molecule has 0 unspecified atom stereocenters.